The second-order valence-electron chi connectivity index (χ2n) is 12.2. The first-order valence-electron chi connectivity index (χ1n) is 16.2. The van der Waals surface area contributed by atoms with Crippen molar-refractivity contribution in [3.8, 4) is 39.9 Å². The summed E-state index contributed by atoms with van der Waals surface area (Å²) >= 11 is 0. The highest BCUT2D eigenvalue weighted by Crippen LogP contribution is 2.47. The first kappa shape index (κ1) is 39.7. The zero-order valence-electron chi connectivity index (χ0n) is 29.6. The number of methoxy groups -OCH3 is 3. The second-order valence-corrected chi connectivity index (χ2v) is 12.2. The molecule has 0 saturated heterocycles. The Balaban J connectivity index is 0.000000237. The fourth-order valence-corrected chi connectivity index (χ4v) is 5.68. The molecular weight excluding hydrogens is 699 g/mol. The van der Waals surface area contributed by atoms with Crippen LogP contribution in [0.3, 0.4) is 0 Å². The van der Waals surface area contributed by atoms with Crippen LogP contribution < -0.4 is 34.6 Å². The average molecular weight is 740 g/mol. The fraction of sp³-hybridized carbons (Fsp3) is 0.275. The number of hydrogen-bond donors (Lipinski definition) is 1. The maximum absolute atomic E-state index is 12.9. The van der Waals surface area contributed by atoms with Crippen molar-refractivity contribution in [2.75, 3.05) is 34.9 Å². The van der Waals surface area contributed by atoms with Gasteiger partial charge in [0, 0.05) is 12.5 Å². The van der Waals surface area contributed by atoms with Crippen molar-refractivity contribution in [1.29, 1.82) is 0 Å². The van der Waals surface area contributed by atoms with E-state index in [2.05, 4.69) is 5.32 Å². The van der Waals surface area contributed by atoms with Crippen LogP contribution >= 0.6 is 12.4 Å². The van der Waals surface area contributed by atoms with Gasteiger partial charge in [0.25, 0.3) is 0 Å². The predicted molar refractivity (Wildman–Crippen MR) is 198 cm³/mol. The van der Waals surface area contributed by atoms with Gasteiger partial charge in [-0.05, 0) is 87.1 Å². The molecule has 0 bridgehead atoms. The van der Waals surface area contributed by atoms with Crippen LogP contribution in [-0.4, -0.2) is 40.5 Å². The van der Waals surface area contributed by atoms with E-state index in [-0.39, 0.29) is 18.5 Å². The summed E-state index contributed by atoms with van der Waals surface area (Å²) in [6.45, 7) is 4.65. The predicted octanol–water partition coefficient (Wildman–Crippen LogP) is 9.53. The molecule has 1 unspecified atom stereocenters. The van der Waals surface area contributed by atoms with Gasteiger partial charge in [-0.3, -0.25) is 0 Å². The maximum Gasteiger partial charge on any atom is 0.416 e. The molecule has 1 aliphatic rings. The standard InChI is InChI=1S/C23H22O6.C17H18F3NO.ClH/c1-23(2)11-10-15-16(29-23)12-17-19(20(15)26-4)21(27-5)18(22(24)28-17)13-6-8-14(25-3)9-7-13;1-21-12-11-16(13-5-3-2-4-6-13)22-15-9-7-14(8-10-15)17(18,19)20;/h6-12H,1-5H3;2-10,16,21H,11-12H2,1H3;1H. The van der Waals surface area contributed by atoms with Crippen molar-refractivity contribution in [3.05, 3.63) is 118 Å². The highest BCUT2D eigenvalue weighted by atomic mass is 35.5. The Hall–Kier alpha value is -5.13. The van der Waals surface area contributed by atoms with Crippen LogP contribution in [0.2, 0.25) is 0 Å². The van der Waals surface area contributed by atoms with Gasteiger partial charge in [-0.15, -0.1) is 12.4 Å². The van der Waals surface area contributed by atoms with Gasteiger partial charge in [0.15, 0.2) is 0 Å². The molecule has 52 heavy (non-hydrogen) atoms. The largest absolute Gasteiger partial charge is 0.497 e. The van der Waals surface area contributed by atoms with E-state index >= 15 is 0 Å². The van der Waals surface area contributed by atoms with E-state index < -0.39 is 23.0 Å². The molecule has 1 aromatic heterocycles. The number of hydrogen-bond acceptors (Lipinski definition) is 8. The highest BCUT2D eigenvalue weighted by molar-refractivity contribution is 5.99. The molecule has 0 aliphatic carbocycles. The summed E-state index contributed by atoms with van der Waals surface area (Å²) in [4.78, 5) is 12.9. The lowest BCUT2D eigenvalue weighted by atomic mass is 9.98. The van der Waals surface area contributed by atoms with E-state index in [1.54, 1.807) is 44.6 Å². The van der Waals surface area contributed by atoms with E-state index in [9.17, 15) is 18.0 Å². The van der Waals surface area contributed by atoms with Crippen LogP contribution in [0.1, 0.15) is 43.1 Å². The molecule has 5 aromatic rings. The molecule has 276 valence electrons. The first-order valence-corrected chi connectivity index (χ1v) is 16.2. The molecular formula is C40H41ClF3NO7. The first-order chi connectivity index (χ1) is 24.4. The van der Waals surface area contributed by atoms with Crippen LogP contribution in [0.5, 0.6) is 28.7 Å². The summed E-state index contributed by atoms with van der Waals surface area (Å²) in [6, 6.07) is 23.3. The van der Waals surface area contributed by atoms with Crippen LogP contribution in [0.15, 0.2) is 100 Å². The van der Waals surface area contributed by atoms with Crippen molar-refractivity contribution in [3.63, 3.8) is 0 Å². The molecule has 0 spiro atoms. The van der Waals surface area contributed by atoms with Gasteiger partial charge in [0.1, 0.15) is 57.0 Å². The van der Waals surface area contributed by atoms with Gasteiger partial charge >= 0.3 is 11.8 Å². The Bertz CT molecular complexity index is 2030. The number of rotatable bonds is 10. The quantitative estimate of drug-likeness (QED) is 0.142. The third kappa shape index (κ3) is 9.02. The highest BCUT2D eigenvalue weighted by Gasteiger charge is 2.31. The number of nitrogens with one attached hydrogen (secondary N) is 1. The van der Waals surface area contributed by atoms with Crippen molar-refractivity contribution in [1.82, 2.24) is 5.32 Å². The molecule has 2 heterocycles. The van der Waals surface area contributed by atoms with Crippen LogP contribution in [-0.2, 0) is 6.18 Å². The SMILES string of the molecule is CNCCC(Oc1ccc(C(F)(F)F)cc1)c1ccccc1.COc1ccc(-c2c(OC)c3c(OC)c4c(cc3oc2=O)OC(C)(C)C=C4)cc1.Cl. The molecule has 1 atom stereocenters. The molecule has 8 nitrogen and oxygen atoms in total. The number of halogens is 4. The Morgan fingerprint density at radius 2 is 1.48 bits per heavy atom. The lowest BCUT2D eigenvalue weighted by Gasteiger charge is -2.29. The second kappa shape index (κ2) is 16.9. The van der Waals surface area contributed by atoms with Gasteiger partial charge in [-0.1, -0.05) is 42.5 Å². The number of fused-ring (bicyclic) bond motifs is 2. The van der Waals surface area contributed by atoms with Crippen molar-refractivity contribution in [2.24, 2.45) is 0 Å². The summed E-state index contributed by atoms with van der Waals surface area (Å²) in [6.07, 6.45) is 0.102. The van der Waals surface area contributed by atoms with Gasteiger partial charge in [-0.2, -0.15) is 13.2 Å². The lowest BCUT2D eigenvalue weighted by Crippen LogP contribution is -2.27. The number of benzene rings is 4. The van der Waals surface area contributed by atoms with E-state index in [1.807, 2.05) is 63.4 Å². The smallest absolute Gasteiger partial charge is 0.416 e. The zero-order chi connectivity index (χ0) is 36.8. The molecule has 0 amide bonds. The summed E-state index contributed by atoms with van der Waals surface area (Å²) in [5.74, 6) is 2.62. The monoisotopic (exact) mass is 739 g/mol. The number of alkyl halides is 3. The summed E-state index contributed by atoms with van der Waals surface area (Å²) in [5, 5.41) is 3.63. The van der Waals surface area contributed by atoms with Crippen molar-refractivity contribution in [2.45, 2.75) is 38.1 Å². The summed E-state index contributed by atoms with van der Waals surface area (Å²) < 4.78 is 71.9. The minimum atomic E-state index is -4.33. The van der Waals surface area contributed by atoms with Gasteiger partial charge in [0.05, 0.1) is 32.5 Å². The molecule has 0 radical (unpaired) electrons. The molecule has 0 saturated carbocycles. The van der Waals surface area contributed by atoms with Crippen LogP contribution in [0.4, 0.5) is 13.2 Å². The molecule has 1 aliphatic heterocycles. The van der Waals surface area contributed by atoms with Gasteiger partial charge < -0.3 is 33.4 Å². The Kier molecular flexibility index (Phi) is 12.9. The fourth-order valence-electron chi connectivity index (χ4n) is 5.68. The Morgan fingerprint density at radius 3 is 2.06 bits per heavy atom. The van der Waals surface area contributed by atoms with Gasteiger partial charge in [-0.25, -0.2) is 4.79 Å². The van der Waals surface area contributed by atoms with Crippen molar-refractivity contribution >= 4 is 29.5 Å². The van der Waals surface area contributed by atoms with Gasteiger partial charge in [0.2, 0.25) is 0 Å². The molecule has 4 aromatic carbocycles. The Labute approximate surface area is 306 Å². The third-order valence-corrected chi connectivity index (χ3v) is 8.21. The zero-order valence-corrected chi connectivity index (χ0v) is 30.4. The Morgan fingerprint density at radius 1 is 0.846 bits per heavy atom. The van der Waals surface area contributed by atoms with Crippen LogP contribution in [0.25, 0.3) is 28.2 Å². The molecule has 0 fully saturated rings. The minimum absolute atomic E-state index is 0. The average Bonchev–Trinajstić information content (AvgIpc) is 3.12. The maximum atomic E-state index is 12.9. The molecule has 1 N–H and O–H groups in total. The third-order valence-electron chi connectivity index (χ3n) is 8.21. The topological polar surface area (TPSA) is 88.4 Å². The summed E-state index contributed by atoms with van der Waals surface area (Å²) in [7, 11) is 6.53. The van der Waals surface area contributed by atoms with Crippen molar-refractivity contribution < 1.29 is 41.3 Å². The van der Waals surface area contributed by atoms with E-state index in [0.29, 0.717) is 50.8 Å². The van der Waals surface area contributed by atoms with E-state index in [1.165, 1.54) is 19.2 Å². The van der Waals surface area contributed by atoms with E-state index in [4.69, 9.17) is 28.1 Å². The minimum Gasteiger partial charge on any atom is -0.497 e. The summed E-state index contributed by atoms with van der Waals surface area (Å²) in [5.41, 5.74) is 1.43. The van der Waals surface area contributed by atoms with Crippen LogP contribution in [0, 0.1) is 0 Å². The molecule has 12 heteroatoms. The molecule has 6 rings (SSSR count). The van der Waals surface area contributed by atoms with E-state index in [0.717, 1.165) is 36.2 Å². The lowest BCUT2D eigenvalue weighted by molar-refractivity contribution is -0.137. The number of ether oxygens (including phenoxy) is 5. The normalized spacial score (nSPS) is 13.4.